The van der Waals surface area contributed by atoms with Gasteiger partial charge in [-0.25, -0.2) is 0 Å². The van der Waals surface area contributed by atoms with Crippen LogP contribution < -0.4 is 5.73 Å². The van der Waals surface area contributed by atoms with Crippen molar-refractivity contribution in [2.75, 3.05) is 0 Å². The summed E-state index contributed by atoms with van der Waals surface area (Å²) in [5, 5.41) is 1.42. The van der Waals surface area contributed by atoms with E-state index in [4.69, 9.17) is 28.9 Å². The minimum absolute atomic E-state index is 0.202. The first kappa shape index (κ1) is 15.2. The second-order valence-corrected chi connectivity index (χ2v) is 6.98. The smallest absolute Gasteiger partial charge is 0.0453 e. The largest absolute Gasteiger partial charge is 0.327 e. The van der Waals surface area contributed by atoms with Gasteiger partial charge in [-0.15, -0.1) is 0 Å². The van der Waals surface area contributed by atoms with Gasteiger partial charge in [0.25, 0.3) is 0 Å². The highest BCUT2D eigenvalue weighted by atomic mass is 35.5. The lowest BCUT2D eigenvalue weighted by atomic mass is 9.72. The van der Waals surface area contributed by atoms with E-state index in [2.05, 4.69) is 13.8 Å². The van der Waals surface area contributed by atoms with Crippen LogP contribution in [0.3, 0.4) is 0 Å². The van der Waals surface area contributed by atoms with Gasteiger partial charge in [-0.2, -0.15) is 0 Å². The molecule has 4 atom stereocenters. The predicted octanol–water partition coefficient (Wildman–Crippen LogP) is 4.94. The SMILES string of the molecule is CC1CCC(C(N)Cc2ccc(Cl)cc2Cl)CC1C. The fourth-order valence-corrected chi connectivity index (χ4v) is 3.57. The number of benzene rings is 1. The Morgan fingerprint density at radius 3 is 2.58 bits per heavy atom. The first-order chi connectivity index (χ1) is 8.97. The van der Waals surface area contributed by atoms with Crippen molar-refractivity contribution >= 4 is 23.2 Å². The molecule has 3 heteroatoms. The zero-order chi connectivity index (χ0) is 14.0. The van der Waals surface area contributed by atoms with Crippen molar-refractivity contribution in [3.63, 3.8) is 0 Å². The maximum atomic E-state index is 6.40. The van der Waals surface area contributed by atoms with Gasteiger partial charge in [0.05, 0.1) is 0 Å². The van der Waals surface area contributed by atoms with E-state index in [1.165, 1.54) is 19.3 Å². The van der Waals surface area contributed by atoms with Crippen LogP contribution in [0.4, 0.5) is 0 Å². The molecule has 0 radical (unpaired) electrons. The van der Waals surface area contributed by atoms with Crippen LogP contribution in [0.25, 0.3) is 0 Å². The lowest BCUT2D eigenvalue weighted by Crippen LogP contribution is -2.37. The lowest BCUT2D eigenvalue weighted by Gasteiger charge is -2.35. The molecule has 0 spiro atoms. The molecule has 2 rings (SSSR count). The average molecular weight is 300 g/mol. The Balaban J connectivity index is 1.99. The maximum absolute atomic E-state index is 6.40. The standard InChI is InChI=1S/C16H23Cl2N/c1-10-3-4-13(7-11(10)2)16(19)8-12-5-6-14(17)9-15(12)18/h5-6,9-11,13,16H,3-4,7-8,19H2,1-2H3. The lowest BCUT2D eigenvalue weighted by molar-refractivity contribution is 0.185. The molecule has 106 valence electrons. The molecule has 19 heavy (non-hydrogen) atoms. The monoisotopic (exact) mass is 299 g/mol. The van der Waals surface area contributed by atoms with Gasteiger partial charge in [0.1, 0.15) is 0 Å². The number of nitrogens with two attached hydrogens (primary N) is 1. The molecule has 1 aliphatic rings. The highest BCUT2D eigenvalue weighted by Crippen LogP contribution is 2.35. The van der Waals surface area contributed by atoms with Crippen LogP contribution in [0.2, 0.25) is 10.0 Å². The highest BCUT2D eigenvalue weighted by Gasteiger charge is 2.28. The molecule has 2 N–H and O–H groups in total. The summed E-state index contributed by atoms with van der Waals surface area (Å²) in [5.74, 6) is 2.24. The Hall–Kier alpha value is -0.240. The molecular weight excluding hydrogens is 277 g/mol. The van der Waals surface area contributed by atoms with Gasteiger partial charge in [0, 0.05) is 16.1 Å². The van der Waals surface area contributed by atoms with E-state index in [0.29, 0.717) is 10.9 Å². The van der Waals surface area contributed by atoms with E-state index in [0.717, 1.165) is 28.8 Å². The average Bonchev–Trinajstić information content (AvgIpc) is 2.36. The normalized spacial score (nSPS) is 29.2. The minimum atomic E-state index is 0.202. The Labute approximate surface area is 126 Å². The fraction of sp³-hybridized carbons (Fsp3) is 0.625. The number of rotatable bonds is 3. The van der Waals surface area contributed by atoms with Crippen molar-refractivity contribution in [3.05, 3.63) is 33.8 Å². The zero-order valence-corrected chi connectivity index (χ0v) is 13.2. The third-order valence-corrected chi connectivity index (χ3v) is 5.30. The first-order valence-electron chi connectivity index (χ1n) is 7.17. The van der Waals surface area contributed by atoms with Gasteiger partial charge in [-0.3, -0.25) is 0 Å². The topological polar surface area (TPSA) is 26.0 Å². The molecule has 1 saturated carbocycles. The molecule has 4 unspecified atom stereocenters. The van der Waals surface area contributed by atoms with Gasteiger partial charge in [-0.05, 0) is 54.7 Å². The van der Waals surface area contributed by atoms with Crippen LogP contribution in [-0.4, -0.2) is 6.04 Å². The minimum Gasteiger partial charge on any atom is -0.327 e. The summed E-state index contributed by atoms with van der Waals surface area (Å²) < 4.78 is 0. The van der Waals surface area contributed by atoms with Crippen molar-refractivity contribution in [3.8, 4) is 0 Å². The van der Waals surface area contributed by atoms with E-state index in [1.807, 2.05) is 12.1 Å². The van der Waals surface area contributed by atoms with E-state index >= 15 is 0 Å². The molecule has 0 saturated heterocycles. The molecule has 0 bridgehead atoms. The third-order valence-electron chi connectivity index (χ3n) is 4.71. The number of hydrogen-bond acceptors (Lipinski definition) is 1. The van der Waals surface area contributed by atoms with E-state index in [1.54, 1.807) is 6.07 Å². The Bertz CT molecular complexity index is 433. The summed E-state index contributed by atoms with van der Waals surface area (Å²) in [7, 11) is 0. The highest BCUT2D eigenvalue weighted by molar-refractivity contribution is 6.35. The van der Waals surface area contributed by atoms with Gasteiger partial charge >= 0.3 is 0 Å². The van der Waals surface area contributed by atoms with Crippen molar-refractivity contribution < 1.29 is 0 Å². The van der Waals surface area contributed by atoms with E-state index < -0.39 is 0 Å². The summed E-state index contributed by atoms with van der Waals surface area (Å²) in [6, 6.07) is 5.89. The quantitative estimate of drug-likeness (QED) is 0.841. The molecule has 1 nitrogen and oxygen atoms in total. The van der Waals surface area contributed by atoms with E-state index in [-0.39, 0.29) is 6.04 Å². The van der Waals surface area contributed by atoms with Gasteiger partial charge < -0.3 is 5.73 Å². The van der Waals surface area contributed by atoms with Crippen molar-refractivity contribution in [1.29, 1.82) is 0 Å². The molecule has 1 aromatic rings. The number of halogens is 2. The second-order valence-electron chi connectivity index (χ2n) is 6.13. The van der Waals surface area contributed by atoms with Crippen LogP contribution in [0.15, 0.2) is 18.2 Å². The number of hydrogen-bond donors (Lipinski definition) is 1. The second kappa shape index (κ2) is 6.47. The molecule has 1 aromatic carbocycles. The first-order valence-corrected chi connectivity index (χ1v) is 7.92. The van der Waals surface area contributed by atoms with Crippen LogP contribution in [-0.2, 0) is 6.42 Å². The van der Waals surface area contributed by atoms with E-state index in [9.17, 15) is 0 Å². The van der Waals surface area contributed by atoms with Crippen molar-refractivity contribution in [1.82, 2.24) is 0 Å². The third kappa shape index (κ3) is 3.87. The van der Waals surface area contributed by atoms with Gasteiger partial charge in [-0.1, -0.05) is 49.5 Å². The summed E-state index contributed by atoms with van der Waals surface area (Å²) in [6.07, 6.45) is 4.64. The molecule has 1 fully saturated rings. The molecule has 0 heterocycles. The fourth-order valence-electron chi connectivity index (χ4n) is 3.09. The van der Waals surface area contributed by atoms with Crippen molar-refractivity contribution in [2.45, 2.75) is 45.6 Å². The summed E-state index contributed by atoms with van der Waals surface area (Å²) >= 11 is 12.1. The van der Waals surface area contributed by atoms with Crippen LogP contribution in [0, 0.1) is 17.8 Å². The van der Waals surface area contributed by atoms with Crippen LogP contribution >= 0.6 is 23.2 Å². The summed E-state index contributed by atoms with van der Waals surface area (Å²) in [4.78, 5) is 0. The van der Waals surface area contributed by atoms with Gasteiger partial charge in [0.2, 0.25) is 0 Å². The maximum Gasteiger partial charge on any atom is 0.0453 e. The summed E-state index contributed by atoms with van der Waals surface area (Å²) in [5.41, 5.74) is 7.52. The Morgan fingerprint density at radius 1 is 1.21 bits per heavy atom. The summed E-state index contributed by atoms with van der Waals surface area (Å²) in [6.45, 7) is 4.70. The molecular formula is C16H23Cl2N. The molecule has 0 amide bonds. The predicted molar refractivity (Wildman–Crippen MR) is 83.8 cm³/mol. The molecule has 0 aliphatic heterocycles. The molecule has 0 aromatic heterocycles. The van der Waals surface area contributed by atoms with Crippen LogP contribution in [0.1, 0.15) is 38.7 Å². The Morgan fingerprint density at radius 2 is 1.95 bits per heavy atom. The Kier molecular flexibility index (Phi) is 5.16. The zero-order valence-electron chi connectivity index (χ0n) is 11.7. The van der Waals surface area contributed by atoms with Crippen LogP contribution in [0.5, 0.6) is 0 Å². The van der Waals surface area contributed by atoms with Gasteiger partial charge in [0.15, 0.2) is 0 Å². The van der Waals surface area contributed by atoms with Crippen molar-refractivity contribution in [2.24, 2.45) is 23.5 Å². The molecule has 1 aliphatic carbocycles.